The Bertz CT molecular complexity index is 919. The topological polar surface area (TPSA) is 66.5 Å². The van der Waals surface area contributed by atoms with Gasteiger partial charge in [-0.05, 0) is 43.2 Å². The van der Waals surface area contributed by atoms with Crippen molar-refractivity contribution in [2.24, 2.45) is 0 Å². The maximum Gasteiger partial charge on any atom is 0.243 e. The first-order valence-electron chi connectivity index (χ1n) is 8.85. The zero-order valence-corrected chi connectivity index (χ0v) is 17.8. The molecule has 0 saturated carbocycles. The average molecular weight is 425 g/mol. The van der Waals surface area contributed by atoms with Crippen molar-refractivity contribution in [2.75, 3.05) is 22.9 Å². The van der Waals surface area contributed by atoms with Crippen LogP contribution in [0.2, 0.25) is 0 Å². The van der Waals surface area contributed by atoms with E-state index in [1.165, 1.54) is 17.8 Å². The Kier molecular flexibility index (Phi) is 7.88. The first-order chi connectivity index (χ1) is 13.2. The normalized spacial score (nSPS) is 12.4. The van der Waals surface area contributed by atoms with E-state index in [1.807, 2.05) is 13.0 Å². The molecule has 8 heteroatoms. The Morgan fingerprint density at radius 1 is 1.21 bits per heavy atom. The number of benzene rings is 2. The Morgan fingerprint density at radius 3 is 2.57 bits per heavy atom. The molecule has 0 fully saturated rings. The molecule has 152 valence electrons. The molecule has 1 N–H and O–H groups in total. The Hall–Kier alpha value is -2.06. The van der Waals surface area contributed by atoms with Gasteiger partial charge < -0.3 is 5.32 Å². The highest BCUT2D eigenvalue weighted by atomic mass is 32.2. The van der Waals surface area contributed by atoms with E-state index < -0.39 is 16.1 Å². The molecule has 0 aromatic heterocycles. The number of nitrogens with zero attached hydrogens (tertiary/aromatic N) is 1. The highest BCUT2D eigenvalue weighted by Gasteiger charge is 2.28. The summed E-state index contributed by atoms with van der Waals surface area (Å²) in [5, 5.41) is 2.76. The number of anilines is 1. The van der Waals surface area contributed by atoms with Crippen molar-refractivity contribution < 1.29 is 17.6 Å². The average Bonchev–Trinajstić information content (AvgIpc) is 2.61. The molecule has 1 amide bonds. The van der Waals surface area contributed by atoms with Crippen molar-refractivity contribution in [1.29, 1.82) is 0 Å². The van der Waals surface area contributed by atoms with Crippen molar-refractivity contribution in [3.8, 4) is 0 Å². The maximum atomic E-state index is 13.6. The molecule has 5 nitrogen and oxygen atoms in total. The monoisotopic (exact) mass is 424 g/mol. The van der Waals surface area contributed by atoms with Gasteiger partial charge in [-0.3, -0.25) is 9.10 Å². The second-order valence-electron chi connectivity index (χ2n) is 6.51. The summed E-state index contributed by atoms with van der Waals surface area (Å²) < 4.78 is 39.2. The van der Waals surface area contributed by atoms with Crippen molar-refractivity contribution in [1.82, 2.24) is 5.32 Å². The summed E-state index contributed by atoms with van der Waals surface area (Å²) in [6.07, 6.45) is 1.09. The number of hydrogen-bond acceptors (Lipinski definition) is 4. The number of hydrogen-bond donors (Lipinski definition) is 1. The molecule has 0 aliphatic heterocycles. The van der Waals surface area contributed by atoms with Crippen molar-refractivity contribution in [3.63, 3.8) is 0 Å². The molecular weight excluding hydrogens is 399 g/mol. The van der Waals surface area contributed by atoms with Crippen molar-refractivity contribution in [3.05, 3.63) is 65.5 Å². The van der Waals surface area contributed by atoms with Gasteiger partial charge in [0.05, 0.1) is 11.9 Å². The number of carbonyl (C=O) groups excluding carboxylic acids is 1. The highest BCUT2D eigenvalue weighted by Crippen LogP contribution is 2.22. The molecule has 0 heterocycles. The number of rotatable bonds is 9. The van der Waals surface area contributed by atoms with Crippen molar-refractivity contribution >= 4 is 33.4 Å². The molecule has 1 atom stereocenters. The second kappa shape index (κ2) is 9.93. The molecule has 0 bridgehead atoms. The summed E-state index contributed by atoms with van der Waals surface area (Å²) in [5.74, 6) is 0.487. The summed E-state index contributed by atoms with van der Waals surface area (Å²) in [4.78, 5) is 12.5. The van der Waals surface area contributed by atoms with Gasteiger partial charge in [-0.1, -0.05) is 30.3 Å². The zero-order valence-electron chi connectivity index (χ0n) is 16.2. The van der Waals surface area contributed by atoms with Crippen LogP contribution in [0.25, 0.3) is 0 Å². The van der Waals surface area contributed by atoms with Crippen LogP contribution in [0.5, 0.6) is 0 Å². The number of halogens is 1. The van der Waals surface area contributed by atoms with Crippen LogP contribution >= 0.6 is 11.8 Å². The van der Waals surface area contributed by atoms with Crippen molar-refractivity contribution in [2.45, 2.75) is 25.6 Å². The first-order valence-corrected chi connectivity index (χ1v) is 11.9. The maximum absolute atomic E-state index is 13.6. The Balaban J connectivity index is 1.91. The molecule has 0 saturated heterocycles. The van der Waals surface area contributed by atoms with Crippen LogP contribution in [0, 0.1) is 12.7 Å². The van der Waals surface area contributed by atoms with Crippen LogP contribution in [0.1, 0.15) is 18.1 Å². The van der Waals surface area contributed by atoms with Gasteiger partial charge in [0, 0.05) is 18.1 Å². The zero-order chi connectivity index (χ0) is 20.7. The van der Waals surface area contributed by atoms with E-state index in [0.717, 1.165) is 16.1 Å². The minimum atomic E-state index is -3.63. The third-order valence-corrected chi connectivity index (χ3v) is 6.36. The predicted molar refractivity (Wildman–Crippen MR) is 114 cm³/mol. The van der Waals surface area contributed by atoms with Gasteiger partial charge in [0.1, 0.15) is 11.9 Å². The van der Waals surface area contributed by atoms with E-state index in [-0.39, 0.29) is 11.7 Å². The molecule has 1 unspecified atom stereocenters. The predicted octanol–water partition coefficient (Wildman–Crippen LogP) is 3.34. The Morgan fingerprint density at radius 2 is 1.93 bits per heavy atom. The van der Waals surface area contributed by atoms with Gasteiger partial charge >= 0.3 is 0 Å². The Labute approximate surface area is 170 Å². The molecule has 28 heavy (non-hydrogen) atoms. The summed E-state index contributed by atoms with van der Waals surface area (Å²) in [6.45, 7) is 3.79. The number of carbonyl (C=O) groups is 1. The fourth-order valence-corrected chi connectivity index (χ4v) is 4.78. The number of aryl methyl sites for hydroxylation is 1. The first kappa shape index (κ1) is 22.2. The molecule has 2 aromatic rings. The summed E-state index contributed by atoms with van der Waals surface area (Å²) in [5.41, 5.74) is 1.98. The van der Waals surface area contributed by atoms with E-state index >= 15 is 0 Å². The molecule has 0 radical (unpaired) electrons. The molecule has 0 aliphatic carbocycles. The van der Waals surface area contributed by atoms with E-state index in [9.17, 15) is 17.6 Å². The number of thioether (sulfide) groups is 1. The standard InChI is InChI=1S/C20H25FN2O3S2/c1-15-7-6-9-18(13-15)23(28(3,25)26)16(2)20(24)22-11-12-27-14-17-8-4-5-10-19(17)21/h4-10,13,16H,11-12,14H2,1-3H3,(H,22,24). The molecule has 2 rings (SSSR count). The summed E-state index contributed by atoms with van der Waals surface area (Å²) in [7, 11) is -3.63. The van der Waals surface area contributed by atoms with Crippen LogP contribution in [0.4, 0.5) is 10.1 Å². The van der Waals surface area contributed by atoms with Gasteiger partial charge in [-0.2, -0.15) is 11.8 Å². The number of sulfonamides is 1. The van der Waals surface area contributed by atoms with Crippen LogP contribution in [-0.4, -0.2) is 38.9 Å². The van der Waals surface area contributed by atoms with Crippen LogP contribution in [0.3, 0.4) is 0 Å². The van der Waals surface area contributed by atoms with Gasteiger partial charge in [-0.15, -0.1) is 0 Å². The lowest BCUT2D eigenvalue weighted by atomic mass is 10.2. The lowest BCUT2D eigenvalue weighted by Gasteiger charge is -2.28. The lowest BCUT2D eigenvalue weighted by molar-refractivity contribution is -0.121. The van der Waals surface area contributed by atoms with E-state index in [2.05, 4.69) is 5.32 Å². The van der Waals surface area contributed by atoms with Gasteiger partial charge in [0.25, 0.3) is 0 Å². The van der Waals surface area contributed by atoms with Gasteiger partial charge in [-0.25, -0.2) is 12.8 Å². The molecule has 0 aliphatic rings. The minimum Gasteiger partial charge on any atom is -0.353 e. The number of nitrogens with one attached hydrogen (secondary N) is 1. The smallest absolute Gasteiger partial charge is 0.243 e. The third-order valence-electron chi connectivity index (χ3n) is 4.11. The van der Waals surface area contributed by atoms with Gasteiger partial charge in [0.2, 0.25) is 15.9 Å². The molecular formula is C20H25FN2O3S2. The fraction of sp³-hybridized carbons (Fsp3) is 0.350. The van der Waals surface area contributed by atoms with Crippen LogP contribution in [-0.2, 0) is 20.6 Å². The van der Waals surface area contributed by atoms with Gasteiger partial charge in [0.15, 0.2) is 0 Å². The van der Waals surface area contributed by atoms with E-state index in [4.69, 9.17) is 0 Å². The quantitative estimate of drug-likeness (QED) is 0.627. The SMILES string of the molecule is Cc1cccc(N(C(C)C(=O)NCCSCc2ccccc2F)S(C)(=O)=O)c1. The molecule has 0 spiro atoms. The lowest BCUT2D eigenvalue weighted by Crippen LogP contribution is -2.48. The minimum absolute atomic E-state index is 0.241. The highest BCUT2D eigenvalue weighted by molar-refractivity contribution is 7.98. The summed E-state index contributed by atoms with van der Waals surface area (Å²) >= 11 is 1.50. The second-order valence-corrected chi connectivity index (χ2v) is 9.47. The molecule has 2 aromatic carbocycles. The van der Waals surface area contributed by atoms with Crippen LogP contribution < -0.4 is 9.62 Å². The largest absolute Gasteiger partial charge is 0.353 e. The third kappa shape index (κ3) is 6.24. The fourth-order valence-electron chi connectivity index (χ4n) is 2.77. The van der Waals surface area contributed by atoms with E-state index in [1.54, 1.807) is 43.3 Å². The van der Waals surface area contributed by atoms with Crippen LogP contribution in [0.15, 0.2) is 48.5 Å². The number of amides is 1. The summed E-state index contributed by atoms with van der Waals surface area (Å²) in [6, 6.07) is 12.7. The van der Waals surface area contributed by atoms with E-state index in [0.29, 0.717) is 29.3 Å².